The van der Waals surface area contributed by atoms with Crippen LogP contribution in [0.5, 0.6) is 0 Å². The van der Waals surface area contributed by atoms with Gasteiger partial charge in [-0.15, -0.1) is 0 Å². The number of amides is 1. The fraction of sp³-hybridized carbons (Fsp3) is 0.409. The van der Waals surface area contributed by atoms with Crippen LogP contribution >= 0.6 is 0 Å². The van der Waals surface area contributed by atoms with Crippen molar-refractivity contribution >= 4 is 11.6 Å². The van der Waals surface area contributed by atoms with E-state index in [1.165, 1.54) is 11.1 Å². The number of nitrogens with zero attached hydrogens (tertiary/aromatic N) is 1. The summed E-state index contributed by atoms with van der Waals surface area (Å²) in [4.78, 5) is 15.1. The second-order valence-corrected chi connectivity index (χ2v) is 7.15. The number of carbonyl (C=O) groups excluding carboxylic acids is 1. The van der Waals surface area contributed by atoms with Gasteiger partial charge in [0, 0.05) is 5.56 Å². The molecule has 4 nitrogen and oxygen atoms in total. The Bertz CT molecular complexity index is 807. The van der Waals surface area contributed by atoms with Crippen molar-refractivity contribution in [2.75, 3.05) is 18.1 Å². The molecule has 2 aliphatic heterocycles. The molecule has 0 radical (unpaired) electrons. The Balaban J connectivity index is 1.71. The van der Waals surface area contributed by atoms with E-state index in [-0.39, 0.29) is 5.91 Å². The number of hydrogen-bond donors (Lipinski definition) is 0. The topological polar surface area (TPSA) is 38.8 Å². The van der Waals surface area contributed by atoms with Gasteiger partial charge in [0.25, 0.3) is 11.7 Å². The number of benzene rings is 2. The summed E-state index contributed by atoms with van der Waals surface area (Å²) in [5, 5.41) is 0. The first kappa shape index (κ1) is 17.3. The normalized spacial score (nSPS) is 17.9. The van der Waals surface area contributed by atoms with Gasteiger partial charge in [-0.3, -0.25) is 4.79 Å². The fourth-order valence-electron chi connectivity index (χ4n) is 3.75. The molecule has 2 heterocycles. The van der Waals surface area contributed by atoms with Gasteiger partial charge in [-0.25, -0.2) is 0 Å². The van der Waals surface area contributed by atoms with Gasteiger partial charge in [-0.2, -0.15) is 0 Å². The Morgan fingerprint density at radius 3 is 2.42 bits per heavy atom. The van der Waals surface area contributed by atoms with E-state index in [1.807, 2.05) is 6.07 Å². The van der Waals surface area contributed by atoms with Gasteiger partial charge in [0.1, 0.15) is 0 Å². The van der Waals surface area contributed by atoms with Crippen LogP contribution in [-0.4, -0.2) is 19.1 Å². The van der Waals surface area contributed by atoms with Crippen molar-refractivity contribution in [2.24, 2.45) is 0 Å². The van der Waals surface area contributed by atoms with E-state index < -0.39 is 5.79 Å². The summed E-state index contributed by atoms with van der Waals surface area (Å²) in [7, 11) is 0. The summed E-state index contributed by atoms with van der Waals surface area (Å²) in [6.45, 7) is 5.67. The molecule has 2 aromatic rings. The van der Waals surface area contributed by atoms with Crippen molar-refractivity contribution in [1.82, 2.24) is 0 Å². The van der Waals surface area contributed by atoms with Gasteiger partial charge in [-0.1, -0.05) is 49.2 Å². The Hall–Kier alpha value is -2.17. The summed E-state index contributed by atoms with van der Waals surface area (Å²) >= 11 is 0. The summed E-state index contributed by atoms with van der Waals surface area (Å²) in [6.07, 6.45) is 3.29. The first-order valence-electron chi connectivity index (χ1n) is 9.43. The number of rotatable bonds is 5. The maximum absolute atomic E-state index is 13.3. The van der Waals surface area contributed by atoms with E-state index in [2.05, 4.69) is 50.2 Å². The van der Waals surface area contributed by atoms with Crippen LogP contribution < -0.4 is 4.90 Å². The van der Waals surface area contributed by atoms with Gasteiger partial charge >= 0.3 is 0 Å². The predicted octanol–water partition coefficient (Wildman–Crippen LogP) is 4.08. The molecule has 4 rings (SSSR count). The molecule has 1 spiro atoms. The lowest BCUT2D eigenvalue weighted by Crippen LogP contribution is -2.40. The summed E-state index contributed by atoms with van der Waals surface area (Å²) in [5.41, 5.74) is 5.30. The molecule has 1 amide bonds. The molecule has 0 bridgehead atoms. The van der Waals surface area contributed by atoms with Crippen LogP contribution in [0.2, 0.25) is 0 Å². The molecular formula is C22H25NO3. The van der Waals surface area contributed by atoms with Gasteiger partial charge in [0.2, 0.25) is 0 Å². The van der Waals surface area contributed by atoms with Crippen LogP contribution in [0.25, 0.3) is 0 Å². The van der Waals surface area contributed by atoms with Crippen LogP contribution in [-0.2, 0) is 33.0 Å². The van der Waals surface area contributed by atoms with Crippen molar-refractivity contribution < 1.29 is 14.3 Å². The van der Waals surface area contributed by atoms with E-state index in [9.17, 15) is 4.79 Å². The zero-order valence-electron chi connectivity index (χ0n) is 15.5. The summed E-state index contributed by atoms with van der Waals surface area (Å²) < 4.78 is 11.7. The molecule has 2 aromatic carbocycles. The highest BCUT2D eigenvalue weighted by Gasteiger charge is 2.56. The average molecular weight is 351 g/mol. The summed E-state index contributed by atoms with van der Waals surface area (Å²) in [5.74, 6) is -1.36. The maximum atomic E-state index is 13.3. The fourth-order valence-corrected chi connectivity index (χ4v) is 3.75. The van der Waals surface area contributed by atoms with Crippen molar-refractivity contribution in [3.05, 3.63) is 64.7 Å². The molecule has 1 saturated heterocycles. The van der Waals surface area contributed by atoms with Crippen molar-refractivity contribution in [2.45, 2.75) is 45.4 Å². The average Bonchev–Trinajstić information content (AvgIpc) is 3.23. The SMILES string of the molecule is CCCCc1ccc2c(c1)C1(OCCO1)C(=O)N2Cc1ccc(C)cc1. The van der Waals surface area contributed by atoms with E-state index in [4.69, 9.17) is 9.47 Å². The Morgan fingerprint density at radius 2 is 1.73 bits per heavy atom. The minimum Gasteiger partial charge on any atom is -0.336 e. The number of aryl methyl sites for hydroxylation is 2. The number of carbonyl (C=O) groups is 1. The molecule has 136 valence electrons. The smallest absolute Gasteiger partial charge is 0.292 e. The number of unbranched alkanes of at least 4 members (excludes halogenated alkanes) is 1. The molecule has 0 unspecified atom stereocenters. The maximum Gasteiger partial charge on any atom is 0.292 e. The monoisotopic (exact) mass is 351 g/mol. The van der Waals surface area contributed by atoms with Crippen LogP contribution in [0, 0.1) is 6.92 Å². The minimum absolute atomic E-state index is 0.113. The lowest BCUT2D eigenvalue weighted by atomic mass is 10.0. The standard InChI is InChI=1S/C22H25NO3/c1-3-4-5-17-10-11-20-19(14-17)22(25-12-13-26-22)21(24)23(20)15-18-8-6-16(2)7-9-18/h6-11,14H,3-5,12-13,15H2,1-2H3. The molecule has 4 heteroatoms. The van der Waals surface area contributed by atoms with Crippen molar-refractivity contribution in [3.8, 4) is 0 Å². The lowest BCUT2D eigenvalue weighted by Gasteiger charge is -2.22. The highest BCUT2D eigenvalue weighted by atomic mass is 16.7. The molecule has 0 saturated carbocycles. The molecule has 0 aromatic heterocycles. The van der Waals surface area contributed by atoms with E-state index in [1.54, 1.807) is 4.90 Å². The first-order chi connectivity index (χ1) is 12.6. The molecule has 26 heavy (non-hydrogen) atoms. The van der Waals surface area contributed by atoms with Gasteiger partial charge in [0.05, 0.1) is 25.4 Å². The lowest BCUT2D eigenvalue weighted by molar-refractivity contribution is -0.180. The predicted molar refractivity (Wildman–Crippen MR) is 101 cm³/mol. The quantitative estimate of drug-likeness (QED) is 0.815. The van der Waals surface area contributed by atoms with Gasteiger partial charge in [0.15, 0.2) is 0 Å². The highest BCUT2D eigenvalue weighted by Crippen LogP contribution is 2.46. The Kier molecular flexibility index (Phi) is 4.55. The summed E-state index contributed by atoms with van der Waals surface area (Å²) in [6, 6.07) is 14.6. The molecular weight excluding hydrogens is 326 g/mol. The van der Waals surface area contributed by atoms with Crippen molar-refractivity contribution in [1.29, 1.82) is 0 Å². The van der Waals surface area contributed by atoms with Crippen LogP contribution in [0.3, 0.4) is 0 Å². The van der Waals surface area contributed by atoms with Crippen molar-refractivity contribution in [3.63, 3.8) is 0 Å². The van der Waals surface area contributed by atoms with Gasteiger partial charge < -0.3 is 14.4 Å². The second-order valence-electron chi connectivity index (χ2n) is 7.15. The molecule has 1 fully saturated rings. The third-order valence-electron chi connectivity index (χ3n) is 5.21. The van der Waals surface area contributed by atoms with Gasteiger partial charge in [-0.05, 0) is 43.0 Å². The molecule has 0 atom stereocenters. The second kappa shape index (κ2) is 6.86. The van der Waals surface area contributed by atoms with Crippen LogP contribution in [0.4, 0.5) is 5.69 Å². The third kappa shape index (κ3) is 2.83. The minimum atomic E-state index is -1.25. The number of ether oxygens (including phenoxy) is 2. The number of hydrogen-bond acceptors (Lipinski definition) is 3. The largest absolute Gasteiger partial charge is 0.336 e. The molecule has 2 aliphatic rings. The number of fused-ring (bicyclic) bond motifs is 2. The van der Waals surface area contributed by atoms with Crippen LogP contribution in [0.1, 0.15) is 42.0 Å². The number of anilines is 1. The highest BCUT2D eigenvalue weighted by molar-refractivity contribution is 6.06. The third-order valence-corrected chi connectivity index (χ3v) is 5.21. The van der Waals surface area contributed by atoms with E-state index in [0.717, 1.165) is 36.1 Å². The first-order valence-corrected chi connectivity index (χ1v) is 9.43. The zero-order valence-corrected chi connectivity index (χ0v) is 15.5. The molecule has 0 aliphatic carbocycles. The van der Waals surface area contributed by atoms with E-state index >= 15 is 0 Å². The Morgan fingerprint density at radius 1 is 1.04 bits per heavy atom. The Labute approximate surface area is 154 Å². The molecule has 0 N–H and O–H groups in total. The van der Waals surface area contributed by atoms with E-state index in [0.29, 0.717) is 19.8 Å². The van der Waals surface area contributed by atoms with Crippen LogP contribution in [0.15, 0.2) is 42.5 Å². The zero-order chi connectivity index (χ0) is 18.1.